The fourth-order valence-corrected chi connectivity index (χ4v) is 5.56. The van der Waals surface area contributed by atoms with Crippen LogP contribution in [-0.4, -0.2) is 36.6 Å². The van der Waals surface area contributed by atoms with E-state index < -0.39 is 20.9 Å². The maximum absolute atomic E-state index is 13.1. The quantitative estimate of drug-likeness (QED) is 0.572. The van der Waals surface area contributed by atoms with Gasteiger partial charge >= 0.3 is 0 Å². The number of nitro groups is 1. The van der Waals surface area contributed by atoms with Gasteiger partial charge in [-0.1, -0.05) is 26.0 Å². The monoisotopic (exact) mass is 431 g/mol. The lowest BCUT2D eigenvalue weighted by Crippen LogP contribution is -2.42. The standard InChI is InChI=1S/C21H25N3O5S/c1-14-9-15(2)13-23(12-14)30(28,29)19-6-4-5-17(10-19)21(25)22-18-8-7-16(3)20(11-18)24(26)27/h4-8,10-11,14-15H,9,12-13H2,1-3H3,(H,22,25). The summed E-state index contributed by atoms with van der Waals surface area (Å²) in [4.78, 5) is 23.3. The number of rotatable bonds is 5. The molecule has 3 rings (SSSR count). The van der Waals surface area contributed by atoms with Crippen molar-refractivity contribution in [2.45, 2.75) is 32.1 Å². The number of anilines is 1. The summed E-state index contributed by atoms with van der Waals surface area (Å²) in [7, 11) is -3.72. The molecule has 2 aromatic rings. The molecule has 1 aliphatic heterocycles. The van der Waals surface area contributed by atoms with Crippen molar-refractivity contribution in [3.05, 3.63) is 63.7 Å². The highest BCUT2D eigenvalue weighted by Crippen LogP contribution is 2.27. The third-order valence-electron chi connectivity index (χ3n) is 5.23. The Hall–Kier alpha value is -2.78. The number of benzene rings is 2. The lowest BCUT2D eigenvalue weighted by molar-refractivity contribution is -0.385. The van der Waals surface area contributed by atoms with E-state index in [1.54, 1.807) is 19.1 Å². The highest BCUT2D eigenvalue weighted by molar-refractivity contribution is 7.89. The molecule has 1 heterocycles. The third-order valence-corrected chi connectivity index (χ3v) is 7.06. The van der Waals surface area contributed by atoms with E-state index in [-0.39, 0.29) is 33.7 Å². The molecule has 0 bridgehead atoms. The minimum atomic E-state index is -3.72. The van der Waals surface area contributed by atoms with Crippen molar-refractivity contribution in [3.63, 3.8) is 0 Å². The van der Waals surface area contributed by atoms with Gasteiger partial charge in [-0.05, 0) is 49.4 Å². The third kappa shape index (κ3) is 4.68. The molecule has 30 heavy (non-hydrogen) atoms. The summed E-state index contributed by atoms with van der Waals surface area (Å²) < 4.78 is 27.7. The summed E-state index contributed by atoms with van der Waals surface area (Å²) in [5.74, 6) is 0.00486. The topological polar surface area (TPSA) is 110 Å². The number of carbonyl (C=O) groups excluding carboxylic acids is 1. The number of piperidine rings is 1. The molecule has 8 nitrogen and oxygen atoms in total. The minimum absolute atomic E-state index is 0.0614. The molecule has 1 saturated heterocycles. The van der Waals surface area contributed by atoms with Gasteiger partial charge in [-0.2, -0.15) is 4.31 Å². The fourth-order valence-electron chi connectivity index (χ4n) is 3.84. The molecule has 2 unspecified atom stereocenters. The molecule has 0 spiro atoms. The first-order valence-corrected chi connectivity index (χ1v) is 11.2. The molecule has 0 aliphatic carbocycles. The van der Waals surface area contributed by atoms with Crippen LogP contribution in [0, 0.1) is 28.9 Å². The zero-order chi connectivity index (χ0) is 22.1. The lowest BCUT2D eigenvalue weighted by atomic mass is 9.94. The number of aryl methyl sites for hydroxylation is 1. The van der Waals surface area contributed by atoms with Gasteiger partial charge in [0.2, 0.25) is 10.0 Å². The van der Waals surface area contributed by atoms with E-state index in [9.17, 15) is 23.3 Å². The highest BCUT2D eigenvalue weighted by Gasteiger charge is 2.32. The molecule has 9 heteroatoms. The van der Waals surface area contributed by atoms with Crippen LogP contribution in [0.2, 0.25) is 0 Å². The lowest BCUT2D eigenvalue weighted by Gasteiger charge is -2.34. The first-order valence-electron chi connectivity index (χ1n) is 9.74. The fraction of sp³-hybridized carbons (Fsp3) is 0.381. The van der Waals surface area contributed by atoms with E-state index in [0.29, 0.717) is 18.7 Å². The number of nitrogens with one attached hydrogen (secondary N) is 1. The van der Waals surface area contributed by atoms with E-state index >= 15 is 0 Å². The van der Waals surface area contributed by atoms with Crippen molar-refractivity contribution in [1.82, 2.24) is 4.31 Å². The molecule has 1 aliphatic rings. The number of nitrogens with zero attached hydrogens (tertiary/aromatic N) is 2. The van der Waals surface area contributed by atoms with Crippen LogP contribution in [-0.2, 0) is 10.0 Å². The van der Waals surface area contributed by atoms with Crippen LogP contribution in [0.25, 0.3) is 0 Å². The number of sulfonamides is 1. The molecule has 2 atom stereocenters. The van der Waals surface area contributed by atoms with Gasteiger partial charge in [-0.15, -0.1) is 0 Å². The van der Waals surface area contributed by atoms with Crippen molar-refractivity contribution < 1.29 is 18.1 Å². The number of hydrogen-bond donors (Lipinski definition) is 1. The van der Waals surface area contributed by atoms with E-state index in [0.717, 1.165) is 6.42 Å². The Labute approximate surface area is 176 Å². The second kappa shape index (κ2) is 8.53. The van der Waals surface area contributed by atoms with Gasteiger partial charge in [-0.3, -0.25) is 14.9 Å². The van der Waals surface area contributed by atoms with Crippen molar-refractivity contribution in [3.8, 4) is 0 Å². The normalized spacial score (nSPS) is 20.0. The molecular formula is C21H25N3O5S. The molecule has 2 aromatic carbocycles. The first kappa shape index (κ1) is 21.9. The summed E-state index contributed by atoms with van der Waals surface area (Å²) in [6.45, 7) is 6.58. The molecule has 0 radical (unpaired) electrons. The summed E-state index contributed by atoms with van der Waals surface area (Å²) >= 11 is 0. The van der Waals surface area contributed by atoms with Crippen LogP contribution in [0.3, 0.4) is 0 Å². The summed E-state index contributed by atoms with van der Waals surface area (Å²) in [6.07, 6.45) is 0.983. The van der Waals surface area contributed by atoms with Crippen LogP contribution in [0.1, 0.15) is 36.2 Å². The van der Waals surface area contributed by atoms with E-state index in [4.69, 9.17) is 0 Å². The molecule has 160 valence electrons. The number of hydrogen-bond acceptors (Lipinski definition) is 5. The summed E-state index contributed by atoms with van der Waals surface area (Å²) in [5.41, 5.74) is 0.815. The Morgan fingerprint density at radius 3 is 2.43 bits per heavy atom. The summed E-state index contributed by atoms with van der Waals surface area (Å²) in [5, 5.41) is 13.7. The smallest absolute Gasteiger partial charge is 0.274 e. The highest BCUT2D eigenvalue weighted by atomic mass is 32.2. The molecule has 0 aromatic heterocycles. The number of nitro benzene ring substituents is 1. The van der Waals surface area contributed by atoms with Crippen molar-refractivity contribution in [2.24, 2.45) is 11.8 Å². The number of carbonyl (C=O) groups is 1. The first-order chi connectivity index (χ1) is 14.1. The van der Waals surface area contributed by atoms with E-state index in [1.807, 2.05) is 13.8 Å². The van der Waals surface area contributed by atoms with Gasteiger partial charge in [0, 0.05) is 36.0 Å². The van der Waals surface area contributed by atoms with Crippen LogP contribution < -0.4 is 5.32 Å². The zero-order valence-electron chi connectivity index (χ0n) is 17.2. The predicted molar refractivity (Wildman–Crippen MR) is 114 cm³/mol. The Morgan fingerprint density at radius 1 is 1.13 bits per heavy atom. The Balaban J connectivity index is 1.84. The Bertz CT molecular complexity index is 1070. The molecule has 0 saturated carbocycles. The zero-order valence-corrected chi connectivity index (χ0v) is 18.0. The molecule has 1 N–H and O–H groups in total. The van der Waals surface area contributed by atoms with Crippen molar-refractivity contribution in [1.29, 1.82) is 0 Å². The van der Waals surface area contributed by atoms with E-state index in [1.165, 1.54) is 34.6 Å². The van der Waals surface area contributed by atoms with Gasteiger partial charge in [0.1, 0.15) is 0 Å². The average molecular weight is 432 g/mol. The van der Waals surface area contributed by atoms with Gasteiger partial charge in [0.25, 0.3) is 11.6 Å². The van der Waals surface area contributed by atoms with Crippen LogP contribution in [0.4, 0.5) is 11.4 Å². The maximum Gasteiger partial charge on any atom is 0.274 e. The summed E-state index contributed by atoms with van der Waals surface area (Å²) in [6, 6.07) is 10.3. The van der Waals surface area contributed by atoms with Gasteiger partial charge < -0.3 is 5.32 Å². The maximum atomic E-state index is 13.1. The van der Waals surface area contributed by atoms with Crippen LogP contribution >= 0.6 is 0 Å². The van der Waals surface area contributed by atoms with Gasteiger partial charge in [-0.25, -0.2) is 8.42 Å². The van der Waals surface area contributed by atoms with E-state index in [2.05, 4.69) is 5.32 Å². The average Bonchev–Trinajstić information content (AvgIpc) is 2.68. The molecule has 1 amide bonds. The van der Waals surface area contributed by atoms with Crippen molar-refractivity contribution in [2.75, 3.05) is 18.4 Å². The largest absolute Gasteiger partial charge is 0.322 e. The predicted octanol–water partition coefficient (Wildman–Crippen LogP) is 3.82. The molecule has 1 fully saturated rings. The minimum Gasteiger partial charge on any atom is -0.322 e. The van der Waals surface area contributed by atoms with Gasteiger partial charge in [0.15, 0.2) is 0 Å². The van der Waals surface area contributed by atoms with Crippen LogP contribution in [0.5, 0.6) is 0 Å². The van der Waals surface area contributed by atoms with Crippen LogP contribution in [0.15, 0.2) is 47.4 Å². The number of amides is 1. The second-order valence-corrected chi connectivity index (χ2v) is 9.95. The SMILES string of the molecule is Cc1ccc(NC(=O)c2cccc(S(=O)(=O)N3CC(C)CC(C)C3)c2)cc1[N+](=O)[O-]. The second-order valence-electron chi connectivity index (χ2n) is 8.01. The van der Waals surface area contributed by atoms with Gasteiger partial charge in [0.05, 0.1) is 9.82 Å². The van der Waals surface area contributed by atoms with Crippen molar-refractivity contribution >= 4 is 27.3 Å². The Kier molecular flexibility index (Phi) is 6.23. The Morgan fingerprint density at radius 2 is 1.80 bits per heavy atom. The molecular weight excluding hydrogens is 406 g/mol.